The monoisotopic (exact) mass is 683 g/mol. The van der Waals surface area contributed by atoms with Crippen LogP contribution in [0.4, 0.5) is 4.79 Å². The van der Waals surface area contributed by atoms with Gasteiger partial charge in [-0.2, -0.15) is 0 Å². The number of hydrogen-bond acceptors (Lipinski definition) is 6. The van der Waals surface area contributed by atoms with Crippen molar-refractivity contribution in [2.75, 3.05) is 7.11 Å². The van der Waals surface area contributed by atoms with Gasteiger partial charge in [-0.05, 0) is 116 Å². The standard InChI is InChI=1S/C25H16BrClINO5S/c1-33-20-11-15(10-19(26)22(20)34-24(31)16-4-6-17(27)7-5-16)12-21-23(30)29(25(32)35-21)13-14-2-8-18(28)9-3-14/h2-12H,13H2,1H3/b21-12-. The number of hydrogen-bond donors (Lipinski definition) is 0. The molecule has 10 heteroatoms. The lowest BCUT2D eigenvalue weighted by atomic mass is 10.1. The van der Waals surface area contributed by atoms with Gasteiger partial charge < -0.3 is 9.47 Å². The molecular weight excluding hydrogens is 669 g/mol. The number of methoxy groups -OCH3 is 1. The van der Waals surface area contributed by atoms with E-state index in [-0.39, 0.29) is 29.2 Å². The number of benzene rings is 3. The number of imide groups is 1. The molecule has 0 spiro atoms. The molecule has 1 aliphatic rings. The lowest BCUT2D eigenvalue weighted by Gasteiger charge is -2.13. The Bertz CT molecular complexity index is 1350. The third-order valence-corrected chi connectivity index (χ3v) is 7.42. The smallest absolute Gasteiger partial charge is 0.343 e. The quantitative estimate of drug-likeness (QED) is 0.119. The molecule has 3 aromatic rings. The van der Waals surface area contributed by atoms with E-state index in [0.717, 1.165) is 20.9 Å². The Labute approximate surface area is 232 Å². The fraction of sp³-hybridized carbons (Fsp3) is 0.0800. The van der Waals surface area contributed by atoms with Crippen LogP contribution in [0.1, 0.15) is 21.5 Å². The summed E-state index contributed by atoms with van der Waals surface area (Å²) >= 11 is 12.4. The summed E-state index contributed by atoms with van der Waals surface area (Å²) in [5.74, 6) is -0.473. The predicted molar refractivity (Wildman–Crippen MR) is 148 cm³/mol. The number of esters is 1. The Morgan fingerprint density at radius 2 is 1.80 bits per heavy atom. The van der Waals surface area contributed by atoms with E-state index in [9.17, 15) is 14.4 Å². The van der Waals surface area contributed by atoms with Gasteiger partial charge in [-0.15, -0.1) is 0 Å². The van der Waals surface area contributed by atoms with Crippen LogP contribution in [0.15, 0.2) is 70.0 Å². The van der Waals surface area contributed by atoms with E-state index < -0.39 is 5.97 Å². The minimum atomic E-state index is -0.579. The van der Waals surface area contributed by atoms with Gasteiger partial charge in [-0.25, -0.2) is 4.79 Å². The van der Waals surface area contributed by atoms with E-state index in [2.05, 4.69) is 38.5 Å². The number of halogens is 3. The summed E-state index contributed by atoms with van der Waals surface area (Å²) in [4.78, 5) is 39.5. The van der Waals surface area contributed by atoms with Gasteiger partial charge in [-0.1, -0.05) is 23.7 Å². The Hall–Kier alpha value is -2.34. The zero-order chi connectivity index (χ0) is 25.1. The number of ether oxygens (including phenoxy) is 2. The van der Waals surface area contributed by atoms with Crippen LogP contribution >= 0.6 is 61.9 Å². The molecule has 3 aromatic carbocycles. The van der Waals surface area contributed by atoms with Crippen LogP contribution in [0.2, 0.25) is 5.02 Å². The highest BCUT2D eigenvalue weighted by Crippen LogP contribution is 2.39. The summed E-state index contributed by atoms with van der Waals surface area (Å²) in [5.41, 5.74) is 1.79. The van der Waals surface area contributed by atoms with Crippen molar-refractivity contribution in [2.45, 2.75) is 6.54 Å². The van der Waals surface area contributed by atoms with Crippen LogP contribution in [-0.4, -0.2) is 29.1 Å². The molecule has 178 valence electrons. The van der Waals surface area contributed by atoms with E-state index in [1.165, 1.54) is 12.0 Å². The number of amides is 2. The van der Waals surface area contributed by atoms with Gasteiger partial charge in [0.15, 0.2) is 11.5 Å². The molecule has 1 aliphatic heterocycles. The van der Waals surface area contributed by atoms with Crippen LogP contribution < -0.4 is 9.47 Å². The van der Waals surface area contributed by atoms with E-state index in [1.807, 2.05) is 24.3 Å². The Balaban J connectivity index is 1.55. The molecule has 0 aromatic heterocycles. The number of nitrogens with zero attached hydrogens (tertiary/aromatic N) is 1. The first-order chi connectivity index (χ1) is 16.7. The van der Waals surface area contributed by atoms with E-state index >= 15 is 0 Å². The highest BCUT2D eigenvalue weighted by Gasteiger charge is 2.35. The summed E-state index contributed by atoms with van der Waals surface area (Å²) in [6.45, 7) is 0.200. The predicted octanol–water partition coefficient (Wildman–Crippen LogP) is 7.17. The van der Waals surface area contributed by atoms with Crippen molar-refractivity contribution < 1.29 is 23.9 Å². The van der Waals surface area contributed by atoms with Crippen molar-refractivity contribution in [2.24, 2.45) is 0 Å². The summed E-state index contributed by atoms with van der Waals surface area (Å²) in [7, 11) is 1.44. The third kappa shape index (κ3) is 6.08. The summed E-state index contributed by atoms with van der Waals surface area (Å²) < 4.78 is 12.5. The Morgan fingerprint density at radius 1 is 1.11 bits per heavy atom. The highest BCUT2D eigenvalue weighted by atomic mass is 127. The maximum Gasteiger partial charge on any atom is 0.343 e. The van der Waals surface area contributed by atoms with Gasteiger partial charge in [0.25, 0.3) is 11.1 Å². The molecule has 0 unspecified atom stereocenters. The van der Waals surface area contributed by atoms with Gasteiger partial charge in [0, 0.05) is 8.59 Å². The molecule has 0 bridgehead atoms. The molecule has 0 radical (unpaired) electrons. The van der Waals surface area contributed by atoms with Crippen LogP contribution in [-0.2, 0) is 11.3 Å². The van der Waals surface area contributed by atoms with Crippen molar-refractivity contribution in [3.63, 3.8) is 0 Å². The fourth-order valence-electron chi connectivity index (χ4n) is 3.22. The molecule has 0 aliphatic carbocycles. The second kappa shape index (κ2) is 11.2. The summed E-state index contributed by atoms with van der Waals surface area (Å²) in [5, 5.41) is 0.173. The first kappa shape index (κ1) is 25.7. The molecular formula is C25H16BrClINO5S. The van der Waals surface area contributed by atoms with Crippen LogP contribution in [0, 0.1) is 3.57 Å². The average Bonchev–Trinajstić information content (AvgIpc) is 3.09. The third-order valence-electron chi connectivity index (χ3n) is 4.95. The first-order valence-corrected chi connectivity index (χ1v) is 13.2. The van der Waals surface area contributed by atoms with E-state index in [4.69, 9.17) is 21.1 Å². The lowest BCUT2D eigenvalue weighted by molar-refractivity contribution is -0.123. The first-order valence-electron chi connectivity index (χ1n) is 10.1. The zero-order valence-corrected chi connectivity index (χ0v) is 23.4. The molecule has 2 amide bonds. The maximum absolute atomic E-state index is 12.9. The molecule has 4 rings (SSSR count). The van der Waals surface area contributed by atoms with E-state index in [0.29, 0.717) is 25.5 Å². The van der Waals surface area contributed by atoms with Crippen molar-refractivity contribution in [1.29, 1.82) is 0 Å². The van der Waals surface area contributed by atoms with Crippen LogP contribution in [0.3, 0.4) is 0 Å². The van der Waals surface area contributed by atoms with Crippen LogP contribution in [0.25, 0.3) is 6.08 Å². The minimum Gasteiger partial charge on any atom is -0.493 e. The van der Waals surface area contributed by atoms with Crippen LogP contribution in [0.5, 0.6) is 11.5 Å². The maximum atomic E-state index is 12.9. The minimum absolute atomic E-state index is 0.191. The summed E-state index contributed by atoms with van der Waals surface area (Å²) in [6.07, 6.45) is 1.61. The zero-order valence-electron chi connectivity index (χ0n) is 18.1. The van der Waals surface area contributed by atoms with Gasteiger partial charge in [0.05, 0.1) is 28.6 Å². The number of thioether (sulfide) groups is 1. The molecule has 0 saturated carbocycles. The Morgan fingerprint density at radius 3 is 2.46 bits per heavy atom. The fourth-order valence-corrected chi connectivity index (χ4v) is 5.08. The molecule has 0 N–H and O–H groups in total. The van der Waals surface area contributed by atoms with Gasteiger partial charge in [-0.3, -0.25) is 14.5 Å². The molecule has 1 fully saturated rings. The summed E-state index contributed by atoms with van der Waals surface area (Å²) in [6, 6.07) is 17.3. The highest BCUT2D eigenvalue weighted by molar-refractivity contribution is 14.1. The topological polar surface area (TPSA) is 72.9 Å². The Kier molecular flexibility index (Phi) is 8.20. The van der Waals surface area contributed by atoms with Crippen molar-refractivity contribution >= 4 is 85.1 Å². The lowest BCUT2D eigenvalue weighted by Crippen LogP contribution is -2.27. The number of rotatable bonds is 6. The number of carbonyl (C=O) groups excluding carboxylic acids is 3. The van der Waals surface area contributed by atoms with Crippen molar-refractivity contribution in [3.05, 3.63) is 95.3 Å². The van der Waals surface area contributed by atoms with Gasteiger partial charge in [0.1, 0.15) is 0 Å². The van der Waals surface area contributed by atoms with E-state index in [1.54, 1.807) is 42.5 Å². The second-order valence-corrected chi connectivity index (χ2v) is 10.9. The normalized spacial score (nSPS) is 14.5. The van der Waals surface area contributed by atoms with Gasteiger partial charge in [0.2, 0.25) is 0 Å². The molecule has 6 nitrogen and oxygen atoms in total. The molecule has 1 saturated heterocycles. The SMILES string of the molecule is COc1cc(/C=C2\SC(=O)N(Cc3ccc(I)cc3)C2=O)cc(Br)c1OC(=O)c1ccc(Cl)cc1. The second-order valence-electron chi connectivity index (χ2n) is 7.32. The average molecular weight is 685 g/mol. The molecule has 35 heavy (non-hydrogen) atoms. The largest absolute Gasteiger partial charge is 0.493 e. The van der Waals surface area contributed by atoms with Gasteiger partial charge >= 0.3 is 5.97 Å². The van der Waals surface area contributed by atoms with Crippen molar-refractivity contribution in [1.82, 2.24) is 4.90 Å². The molecule has 0 atom stereocenters. The molecule has 1 heterocycles. The van der Waals surface area contributed by atoms with Crippen molar-refractivity contribution in [3.8, 4) is 11.5 Å². The number of carbonyl (C=O) groups is 3.